The van der Waals surface area contributed by atoms with Gasteiger partial charge in [0.2, 0.25) is 5.13 Å². The summed E-state index contributed by atoms with van der Waals surface area (Å²) in [6.45, 7) is 0. The minimum Gasteiger partial charge on any atom is -0.507 e. The summed E-state index contributed by atoms with van der Waals surface area (Å²) in [4.78, 5) is 15.7. The normalized spacial score (nSPS) is 10.8. The van der Waals surface area contributed by atoms with Gasteiger partial charge in [0.1, 0.15) is 5.75 Å². The van der Waals surface area contributed by atoms with E-state index in [1.165, 1.54) is 29.7 Å². The number of aromatic nitrogens is 1. The summed E-state index contributed by atoms with van der Waals surface area (Å²) >= 11 is 1.44. The van der Waals surface area contributed by atoms with Gasteiger partial charge in [-0.3, -0.25) is 10.2 Å². The van der Waals surface area contributed by atoms with Gasteiger partial charge >= 0.3 is 0 Å². The Hall–Kier alpha value is -3.19. The van der Waals surface area contributed by atoms with E-state index in [2.05, 4.69) is 15.5 Å². The summed E-state index contributed by atoms with van der Waals surface area (Å²) < 4.78 is 0. The number of primary amides is 1. The third-order valence-electron chi connectivity index (χ3n) is 3.23. The van der Waals surface area contributed by atoms with Crippen LogP contribution < -0.4 is 11.2 Å². The number of anilines is 1. The predicted octanol–water partition coefficient (Wildman–Crippen LogP) is 3.06. The van der Waals surface area contributed by atoms with Gasteiger partial charge < -0.3 is 10.8 Å². The van der Waals surface area contributed by atoms with Crippen molar-refractivity contribution in [3.8, 4) is 17.0 Å². The lowest BCUT2D eigenvalue weighted by atomic mass is 10.1. The molecule has 1 aromatic heterocycles. The van der Waals surface area contributed by atoms with E-state index in [0.717, 1.165) is 11.3 Å². The second-order valence-electron chi connectivity index (χ2n) is 4.91. The van der Waals surface area contributed by atoms with Crippen molar-refractivity contribution in [2.75, 3.05) is 5.43 Å². The van der Waals surface area contributed by atoms with Crippen LogP contribution in [0.25, 0.3) is 11.3 Å². The fourth-order valence-corrected chi connectivity index (χ4v) is 2.73. The summed E-state index contributed by atoms with van der Waals surface area (Å²) in [7, 11) is 0. The third-order valence-corrected chi connectivity index (χ3v) is 3.98. The molecule has 0 radical (unpaired) electrons. The standard InChI is InChI=1S/C17H14N4O2S/c18-16(23)13-8-11(6-7-15(13)22)9-19-21-17-20-14(10-24-17)12-4-2-1-3-5-12/h1-10,22H,(H2,18,23)(H,20,21). The van der Waals surface area contributed by atoms with Gasteiger partial charge in [0.25, 0.3) is 5.91 Å². The van der Waals surface area contributed by atoms with Crippen LogP contribution in [0.1, 0.15) is 15.9 Å². The van der Waals surface area contributed by atoms with E-state index in [1.807, 2.05) is 35.7 Å². The maximum atomic E-state index is 11.2. The minimum atomic E-state index is -0.692. The molecular formula is C17H14N4O2S. The number of benzene rings is 2. The number of hydrogen-bond acceptors (Lipinski definition) is 6. The number of carbonyl (C=O) groups is 1. The highest BCUT2D eigenvalue weighted by atomic mass is 32.1. The van der Waals surface area contributed by atoms with E-state index in [9.17, 15) is 9.90 Å². The average Bonchev–Trinajstić information content (AvgIpc) is 3.06. The van der Waals surface area contributed by atoms with Crippen molar-refractivity contribution in [1.29, 1.82) is 0 Å². The number of aromatic hydroxyl groups is 1. The molecule has 0 unspecified atom stereocenters. The van der Waals surface area contributed by atoms with Gasteiger partial charge in [0, 0.05) is 10.9 Å². The van der Waals surface area contributed by atoms with Crippen molar-refractivity contribution in [2.45, 2.75) is 0 Å². The van der Waals surface area contributed by atoms with Gasteiger partial charge in [-0.05, 0) is 23.8 Å². The number of phenols is 1. The van der Waals surface area contributed by atoms with Gasteiger partial charge in [-0.1, -0.05) is 30.3 Å². The van der Waals surface area contributed by atoms with Crippen molar-refractivity contribution in [1.82, 2.24) is 4.98 Å². The Morgan fingerprint density at radius 3 is 2.79 bits per heavy atom. The number of thiazole rings is 1. The Bertz CT molecular complexity index is 891. The Labute approximate surface area is 142 Å². The lowest BCUT2D eigenvalue weighted by Crippen LogP contribution is -2.11. The minimum absolute atomic E-state index is 0.0552. The van der Waals surface area contributed by atoms with Crippen molar-refractivity contribution >= 4 is 28.6 Å². The van der Waals surface area contributed by atoms with Gasteiger partial charge in [0.15, 0.2) is 0 Å². The second-order valence-corrected chi connectivity index (χ2v) is 5.77. The topological polar surface area (TPSA) is 101 Å². The molecule has 4 N–H and O–H groups in total. The van der Waals surface area contributed by atoms with Gasteiger partial charge in [-0.15, -0.1) is 11.3 Å². The maximum Gasteiger partial charge on any atom is 0.252 e. The average molecular weight is 338 g/mol. The number of nitrogens with zero attached hydrogens (tertiary/aromatic N) is 2. The number of nitrogens with two attached hydrogens (primary N) is 1. The molecule has 0 spiro atoms. The monoisotopic (exact) mass is 338 g/mol. The Kier molecular flexibility index (Phi) is 4.53. The van der Waals surface area contributed by atoms with Crippen LogP contribution in [0.4, 0.5) is 5.13 Å². The maximum absolute atomic E-state index is 11.2. The van der Waals surface area contributed by atoms with Crippen LogP contribution in [0.2, 0.25) is 0 Å². The van der Waals surface area contributed by atoms with E-state index < -0.39 is 5.91 Å². The molecule has 7 heteroatoms. The summed E-state index contributed by atoms with van der Waals surface area (Å²) in [6.07, 6.45) is 1.52. The first-order valence-electron chi connectivity index (χ1n) is 7.06. The Balaban J connectivity index is 1.70. The van der Waals surface area contributed by atoms with E-state index in [0.29, 0.717) is 10.7 Å². The predicted molar refractivity (Wildman–Crippen MR) is 95.4 cm³/mol. The number of hydrazone groups is 1. The SMILES string of the molecule is NC(=O)c1cc(C=NNc2nc(-c3ccccc3)cs2)ccc1O. The van der Waals surface area contributed by atoms with Crippen molar-refractivity contribution < 1.29 is 9.90 Å². The van der Waals surface area contributed by atoms with Gasteiger partial charge in [-0.25, -0.2) is 4.98 Å². The first-order chi connectivity index (χ1) is 11.6. The Morgan fingerprint density at radius 2 is 2.04 bits per heavy atom. The third kappa shape index (κ3) is 3.58. The van der Waals surface area contributed by atoms with Crippen LogP contribution >= 0.6 is 11.3 Å². The summed E-state index contributed by atoms with van der Waals surface area (Å²) in [5, 5.41) is 16.2. The zero-order valence-electron chi connectivity index (χ0n) is 12.5. The zero-order chi connectivity index (χ0) is 16.9. The van der Waals surface area contributed by atoms with Crippen LogP contribution in [-0.4, -0.2) is 22.2 Å². The fourth-order valence-electron chi connectivity index (χ4n) is 2.06. The summed E-state index contributed by atoms with van der Waals surface area (Å²) in [6, 6.07) is 14.4. The van der Waals surface area contributed by atoms with Crippen LogP contribution in [0.3, 0.4) is 0 Å². The molecule has 0 aliphatic rings. The fraction of sp³-hybridized carbons (Fsp3) is 0. The van der Waals surface area contributed by atoms with Crippen LogP contribution in [0.5, 0.6) is 5.75 Å². The van der Waals surface area contributed by atoms with Gasteiger partial charge in [0.05, 0.1) is 17.5 Å². The molecule has 0 aliphatic heterocycles. The number of rotatable bonds is 5. The van der Waals surface area contributed by atoms with E-state index in [-0.39, 0.29) is 11.3 Å². The molecule has 24 heavy (non-hydrogen) atoms. The van der Waals surface area contributed by atoms with Crippen LogP contribution in [0.15, 0.2) is 59.0 Å². The molecule has 3 rings (SSSR count). The molecule has 0 bridgehead atoms. The first-order valence-corrected chi connectivity index (χ1v) is 7.94. The molecule has 120 valence electrons. The number of nitrogens with one attached hydrogen (secondary N) is 1. The molecule has 3 aromatic rings. The van der Waals surface area contributed by atoms with Crippen LogP contribution in [-0.2, 0) is 0 Å². The molecule has 0 fully saturated rings. The Morgan fingerprint density at radius 1 is 1.25 bits per heavy atom. The molecule has 0 aliphatic carbocycles. The largest absolute Gasteiger partial charge is 0.507 e. The molecule has 1 heterocycles. The number of carbonyl (C=O) groups excluding carboxylic acids is 1. The van der Waals surface area contributed by atoms with Crippen molar-refractivity contribution in [3.63, 3.8) is 0 Å². The van der Waals surface area contributed by atoms with Gasteiger partial charge in [-0.2, -0.15) is 5.10 Å². The second kappa shape index (κ2) is 6.93. The van der Waals surface area contributed by atoms with E-state index in [4.69, 9.17) is 5.73 Å². The molecule has 0 saturated carbocycles. The van der Waals surface area contributed by atoms with E-state index >= 15 is 0 Å². The van der Waals surface area contributed by atoms with Crippen molar-refractivity contribution in [2.24, 2.45) is 10.8 Å². The molecule has 1 amide bonds. The highest BCUT2D eigenvalue weighted by Crippen LogP contribution is 2.24. The number of amides is 1. The summed E-state index contributed by atoms with van der Waals surface area (Å²) in [5.74, 6) is -0.844. The van der Waals surface area contributed by atoms with E-state index in [1.54, 1.807) is 6.07 Å². The lowest BCUT2D eigenvalue weighted by molar-refractivity contribution is 0.0997. The molecular weight excluding hydrogens is 324 g/mol. The highest BCUT2D eigenvalue weighted by molar-refractivity contribution is 7.14. The zero-order valence-corrected chi connectivity index (χ0v) is 13.3. The molecule has 6 nitrogen and oxygen atoms in total. The molecule has 0 atom stereocenters. The smallest absolute Gasteiger partial charge is 0.252 e. The van der Waals surface area contributed by atoms with Crippen LogP contribution in [0, 0.1) is 0 Å². The quantitative estimate of drug-likeness (QED) is 0.491. The molecule has 0 saturated heterocycles. The highest BCUT2D eigenvalue weighted by Gasteiger charge is 2.07. The molecule has 2 aromatic carbocycles. The lowest BCUT2D eigenvalue weighted by Gasteiger charge is -2.01. The summed E-state index contributed by atoms with van der Waals surface area (Å²) in [5.41, 5.74) is 10.6. The first kappa shape index (κ1) is 15.7. The van der Waals surface area contributed by atoms with Crippen molar-refractivity contribution in [3.05, 3.63) is 65.0 Å². The number of hydrogen-bond donors (Lipinski definition) is 3.